The molecule has 0 saturated carbocycles. The summed E-state index contributed by atoms with van der Waals surface area (Å²) >= 11 is -0.750. The molecule has 1 aliphatic heterocycles. The van der Waals surface area contributed by atoms with Crippen LogP contribution in [0.25, 0.3) is 16.6 Å². The third kappa shape index (κ3) is 4.86. The summed E-state index contributed by atoms with van der Waals surface area (Å²) in [4.78, 5) is 8.74. The van der Waals surface area contributed by atoms with E-state index in [2.05, 4.69) is 15.3 Å². The summed E-state index contributed by atoms with van der Waals surface area (Å²) in [6, 6.07) is 9.01. The van der Waals surface area contributed by atoms with Gasteiger partial charge in [-0.1, -0.05) is 23.8 Å². The van der Waals surface area contributed by atoms with Gasteiger partial charge in [-0.25, -0.2) is 22.8 Å². The third-order valence-corrected chi connectivity index (χ3v) is 6.92. The fraction of sp³-hybridized carbons (Fsp3) is 0.250. The van der Waals surface area contributed by atoms with Crippen molar-refractivity contribution >= 4 is 32.9 Å². The monoisotopic (exact) mass is 530 g/mol. The van der Waals surface area contributed by atoms with Gasteiger partial charge >= 0.3 is 11.6 Å². The maximum absolute atomic E-state index is 14.6. The van der Waals surface area contributed by atoms with Crippen LogP contribution in [0.2, 0.25) is 0 Å². The standard InChI is InChI=1S/C24H23FN4O3S.O2S/c1-14-4-5-16(15(2)10-14)19-12-27-24(29-13-28-23(22(19)29)33(3,30)31)26-11-18-17-8-9-32-21(17)7-6-20(18)25;1-3-2/h4-7,10,12-13H,8-9,11H2,1-3H3,(H,26,27);. The van der Waals surface area contributed by atoms with Crippen molar-refractivity contribution in [3.8, 4) is 16.9 Å². The first-order valence-electron chi connectivity index (χ1n) is 10.9. The molecule has 0 saturated heterocycles. The number of benzene rings is 2. The number of aromatic nitrogens is 3. The highest BCUT2D eigenvalue weighted by molar-refractivity contribution is 7.90. The Morgan fingerprint density at radius 3 is 2.58 bits per heavy atom. The molecule has 2 aromatic carbocycles. The lowest BCUT2D eigenvalue weighted by Crippen LogP contribution is -2.10. The number of nitrogens with one attached hydrogen (secondary N) is 1. The van der Waals surface area contributed by atoms with Crippen molar-refractivity contribution < 1.29 is 26.0 Å². The van der Waals surface area contributed by atoms with E-state index in [9.17, 15) is 12.8 Å². The van der Waals surface area contributed by atoms with Gasteiger partial charge in [-0.2, -0.15) is 8.42 Å². The first-order chi connectivity index (χ1) is 17.2. The van der Waals surface area contributed by atoms with E-state index in [1.165, 1.54) is 12.4 Å². The second-order valence-electron chi connectivity index (χ2n) is 8.38. The molecule has 1 aliphatic rings. The Hall–Kier alpha value is -3.64. The van der Waals surface area contributed by atoms with Crippen molar-refractivity contribution in [2.75, 3.05) is 18.2 Å². The van der Waals surface area contributed by atoms with Crippen molar-refractivity contribution in [2.45, 2.75) is 31.8 Å². The topological polar surface area (TPSA) is 120 Å². The zero-order chi connectivity index (χ0) is 26.0. The number of imidazole rings is 1. The number of anilines is 1. The minimum absolute atomic E-state index is 0.0249. The molecule has 0 aliphatic carbocycles. The predicted octanol–water partition coefficient (Wildman–Crippen LogP) is 3.43. The van der Waals surface area contributed by atoms with E-state index in [1.54, 1.807) is 16.7 Å². The Morgan fingerprint density at radius 1 is 1.14 bits per heavy atom. The van der Waals surface area contributed by atoms with Gasteiger partial charge in [0.05, 0.1) is 12.1 Å². The molecular weight excluding hydrogens is 507 g/mol. The van der Waals surface area contributed by atoms with Gasteiger partial charge in [0.25, 0.3) is 0 Å². The average Bonchev–Trinajstić information content (AvgIpc) is 3.47. The van der Waals surface area contributed by atoms with E-state index in [1.807, 2.05) is 32.0 Å². The number of rotatable bonds is 5. The van der Waals surface area contributed by atoms with Crippen LogP contribution in [0.1, 0.15) is 22.3 Å². The first-order valence-corrected chi connectivity index (χ1v) is 13.4. The van der Waals surface area contributed by atoms with Crippen LogP contribution in [0.5, 0.6) is 5.75 Å². The smallest absolute Gasteiger partial charge is 0.335 e. The summed E-state index contributed by atoms with van der Waals surface area (Å²) in [7, 11) is -3.60. The fourth-order valence-electron chi connectivity index (χ4n) is 4.38. The van der Waals surface area contributed by atoms with Gasteiger partial charge in [-0.05, 0) is 37.1 Å². The van der Waals surface area contributed by atoms with E-state index in [0.29, 0.717) is 41.4 Å². The van der Waals surface area contributed by atoms with Gasteiger partial charge in [-0.15, -0.1) is 0 Å². The summed E-state index contributed by atoms with van der Waals surface area (Å²) in [5, 5.41) is 3.14. The zero-order valence-electron chi connectivity index (χ0n) is 19.7. The highest BCUT2D eigenvalue weighted by atomic mass is 32.2. The lowest BCUT2D eigenvalue weighted by atomic mass is 10.00. The van der Waals surface area contributed by atoms with E-state index in [0.717, 1.165) is 28.5 Å². The van der Waals surface area contributed by atoms with Crippen LogP contribution in [-0.4, -0.2) is 44.1 Å². The quantitative estimate of drug-likeness (QED) is 0.417. The summed E-state index contributed by atoms with van der Waals surface area (Å²) in [5.74, 6) is 0.743. The summed E-state index contributed by atoms with van der Waals surface area (Å²) in [5.41, 5.74) is 5.44. The normalized spacial score (nSPS) is 12.4. The summed E-state index contributed by atoms with van der Waals surface area (Å²) in [6.07, 6.45) is 4.85. The van der Waals surface area contributed by atoms with Crippen LogP contribution < -0.4 is 10.1 Å². The molecule has 0 atom stereocenters. The molecule has 2 aromatic heterocycles. The van der Waals surface area contributed by atoms with Crippen LogP contribution in [0, 0.1) is 19.7 Å². The van der Waals surface area contributed by atoms with Gasteiger partial charge in [0, 0.05) is 42.1 Å². The number of ether oxygens (including phenoxy) is 1. The molecule has 36 heavy (non-hydrogen) atoms. The molecule has 0 amide bonds. The first kappa shape index (κ1) is 25.5. The van der Waals surface area contributed by atoms with Crippen LogP contribution in [0.15, 0.2) is 47.9 Å². The van der Waals surface area contributed by atoms with Crippen molar-refractivity contribution in [1.82, 2.24) is 14.4 Å². The molecule has 0 radical (unpaired) electrons. The van der Waals surface area contributed by atoms with Gasteiger partial charge in [-0.3, -0.25) is 4.40 Å². The average molecular weight is 531 g/mol. The lowest BCUT2D eigenvalue weighted by molar-refractivity contribution is 0.356. The second-order valence-corrected chi connectivity index (χ2v) is 10.4. The maximum Gasteiger partial charge on any atom is 0.335 e. The number of fused-ring (bicyclic) bond motifs is 2. The van der Waals surface area contributed by atoms with Crippen molar-refractivity contribution in [1.29, 1.82) is 0 Å². The molecule has 5 rings (SSSR count). The second kappa shape index (κ2) is 10.2. The van der Waals surface area contributed by atoms with Crippen LogP contribution in [0.4, 0.5) is 10.3 Å². The molecule has 1 N–H and O–H groups in total. The van der Waals surface area contributed by atoms with Crippen molar-refractivity contribution in [2.24, 2.45) is 0 Å². The summed E-state index contributed by atoms with van der Waals surface area (Å²) < 4.78 is 63.3. The number of halogens is 1. The molecule has 188 valence electrons. The van der Waals surface area contributed by atoms with E-state index >= 15 is 0 Å². The van der Waals surface area contributed by atoms with Crippen LogP contribution in [0.3, 0.4) is 0 Å². The highest BCUT2D eigenvalue weighted by Gasteiger charge is 2.23. The fourth-order valence-corrected chi connectivity index (χ4v) is 5.17. The number of nitrogens with zero attached hydrogens (tertiary/aromatic N) is 3. The molecule has 0 spiro atoms. The molecule has 9 nitrogen and oxygen atoms in total. The van der Waals surface area contributed by atoms with Gasteiger partial charge in [0.1, 0.15) is 17.9 Å². The SMILES string of the molecule is Cc1ccc(-c2cnc(NCc3c(F)ccc4c3CCO4)n3cnc(S(C)(=O)=O)c23)c(C)c1.O=S=O. The Kier molecular flexibility index (Phi) is 7.18. The third-order valence-electron chi connectivity index (χ3n) is 5.92. The van der Waals surface area contributed by atoms with Gasteiger partial charge < -0.3 is 10.1 Å². The number of hydrogen-bond donors (Lipinski definition) is 1. The van der Waals surface area contributed by atoms with E-state index in [4.69, 9.17) is 13.2 Å². The maximum atomic E-state index is 14.6. The minimum Gasteiger partial charge on any atom is -0.493 e. The molecule has 0 bridgehead atoms. The minimum atomic E-state index is -3.60. The zero-order valence-corrected chi connectivity index (χ0v) is 21.4. The molecule has 12 heteroatoms. The van der Waals surface area contributed by atoms with Crippen molar-refractivity contribution in [3.63, 3.8) is 0 Å². The molecule has 0 fully saturated rings. The summed E-state index contributed by atoms with van der Waals surface area (Å²) in [6.45, 7) is 4.68. The predicted molar refractivity (Wildman–Crippen MR) is 133 cm³/mol. The molecular formula is C24H23FN4O5S2. The Balaban J connectivity index is 0.000000967. The highest BCUT2D eigenvalue weighted by Crippen LogP contribution is 2.34. The Morgan fingerprint density at radius 2 is 1.89 bits per heavy atom. The van der Waals surface area contributed by atoms with E-state index in [-0.39, 0.29) is 17.4 Å². The number of aryl methyl sites for hydroxylation is 2. The van der Waals surface area contributed by atoms with E-state index < -0.39 is 21.4 Å². The van der Waals surface area contributed by atoms with Crippen molar-refractivity contribution in [3.05, 3.63) is 70.9 Å². The Bertz CT molecular complexity index is 1610. The van der Waals surface area contributed by atoms with Crippen LogP contribution in [-0.2, 0) is 34.4 Å². The van der Waals surface area contributed by atoms with Gasteiger partial charge in [0.15, 0.2) is 14.9 Å². The number of sulfone groups is 1. The largest absolute Gasteiger partial charge is 0.493 e. The Labute approximate surface area is 210 Å². The number of hydrogen-bond acceptors (Lipinski definition) is 8. The lowest BCUT2D eigenvalue weighted by Gasteiger charge is -2.14. The molecule has 0 unspecified atom stereocenters. The van der Waals surface area contributed by atoms with Gasteiger partial charge in [0.2, 0.25) is 5.95 Å². The van der Waals surface area contributed by atoms with Crippen LogP contribution >= 0.6 is 0 Å². The molecule has 3 heterocycles. The molecule has 4 aromatic rings.